The Labute approximate surface area is 100 Å². The second-order valence-electron chi connectivity index (χ2n) is 3.25. The van der Waals surface area contributed by atoms with Crippen molar-refractivity contribution in [1.29, 1.82) is 0 Å². The summed E-state index contributed by atoms with van der Waals surface area (Å²) in [6, 6.07) is 5.31. The maximum Gasteiger partial charge on any atom is 0.129 e. The van der Waals surface area contributed by atoms with Crippen LogP contribution >= 0.6 is 11.6 Å². The van der Waals surface area contributed by atoms with E-state index in [1.165, 1.54) is 5.54 Å². The Morgan fingerprint density at radius 1 is 1.50 bits per heavy atom. The van der Waals surface area contributed by atoms with Crippen LogP contribution in [0.4, 0.5) is 0 Å². The predicted molar refractivity (Wildman–Crippen MR) is 64.1 cm³/mol. The molecule has 0 aliphatic carbocycles. The molecule has 1 N–H and O–H groups in total. The van der Waals surface area contributed by atoms with Crippen LogP contribution in [0, 0.1) is 0 Å². The molecule has 0 fully saturated rings. The molecule has 0 radical (unpaired) electrons. The summed E-state index contributed by atoms with van der Waals surface area (Å²) in [4.78, 5) is 0. The number of hydrogen-bond acceptors (Lipinski definition) is 3. The molecule has 0 aliphatic heterocycles. The van der Waals surface area contributed by atoms with Crippen LogP contribution in [-0.2, 0) is 0 Å². The van der Waals surface area contributed by atoms with Gasteiger partial charge in [0.25, 0.3) is 0 Å². The van der Waals surface area contributed by atoms with E-state index in [1.54, 1.807) is 38.3 Å². The highest BCUT2D eigenvalue weighted by atomic mass is 35.5. The summed E-state index contributed by atoms with van der Waals surface area (Å²) in [5.41, 5.74) is 2.12. The minimum Gasteiger partial charge on any atom is -0.497 e. The third-order valence-corrected chi connectivity index (χ3v) is 2.27. The molecule has 16 heavy (non-hydrogen) atoms. The molecule has 1 atom stereocenters. The van der Waals surface area contributed by atoms with E-state index in [4.69, 9.17) is 21.1 Å². The first kappa shape index (κ1) is 12.9. The van der Waals surface area contributed by atoms with E-state index in [0.717, 1.165) is 5.56 Å². The number of rotatable bonds is 5. The maximum atomic E-state index is 9.56. The monoisotopic (exact) mass is 242 g/mol. The average Bonchev–Trinajstić information content (AvgIpc) is 2.29. The number of ether oxygens (including phenoxy) is 2. The Morgan fingerprint density at radius 2 is 2.25 bits per heavy atom. The van der Waals surface area contributed by atoms with E-state index in [0.29, 0.717) is 18.1 Å². The Hall–Kier alpha value is -1.19. The summed E-state index contributed by atoms with van der Waals surface area (Å²) in [5.74, 6) is 1.29. The number of aliphatic hydroxyl groups is 1. The van der Waals surface area contributed by atoms with Gasteiger partial charge in [0, 0.05) is 17.2 Å². The Kier molecular flexibility index (Phi) is 5.15. The summed E-state index contributed by atoms with van der Waals surface area (Å²) in [7, 11) is 1.58. The fraction of sp³-hybridized carbons (Fsp3) is 0.333. The Bertz CT molecular complexity index is 361. The lowest BCUT2D eigenvalue weighted by molar-refractivity contribution is 0.192. The van der Waals surface area contributed by atoms with E-state index < -0.39 is 6.10 Å². The van der Waals surface area contributed by atoms with Gasteiger partial charge in [-0.05, 0) is 25.1 Å². The van der Waals surface area contributed by atoms with Gasteiger partial charge in [-0.25, -0.2) is 0 Å². The molecule has 0 spiro atoms. The largest absolute Gasteiger partial charge is 0.497 e. The smallest absolute Gasteiger partial charge is 0.129 e. The second-order valence-corrected chi connectivity index (χ2v) is 3.50. The molecule has 4 heteroatoms. The van der Waals surface area contributed by atoms with Gasteiger partial charge >= 0.3 is 0 Å². The zero-order chi connectivity index (χ0) is 12.0. The van der Waals surface area contributed by atoms with Crippen LogP contribution in [0.5, 0.6) is 11.5 Å². The van der Waals surface area contributed by atoms with Crippen molar-refractivity contribution in [2.24, 2.45) is 0 Å². The number of methoxy groups -OCH3 is 1. The lowest BCUT2D eigenvalue weighted by atomic mass is 10.1. The van der Waals surface area contributed by atoms with Crippen LogP contribution < -0.4 is 9.47 Å². The topological polar surface area (TPSA) is 38.7 Å². The van der Waals surface area contributed by atoms with Gasteiger partial charge in [-0.3, -0.25) is 0 Å². The van der Waals surface area contributed by atoms with Gasteiger partial charge in [0.05, 0.1) is 13.2 Å². The second kappa shape index (κ2) is 6.40. The normalized spacial score (nSPS) is 12.8. The lowest BCUT2D eigenvalue weighted by Gasteiger charge is -2.13. The molecular formula is C12H15ClO3. The summed E-state index contributed by atoms with van der Waals surface area (Å²) >= 11 is 5.39. The van der Waals surface area contributed by atoms with Crippen LogP contribution in [0.15, 0.2) is 29.8 Å². The third kappa shape index (κ3) is 3.43. The van der Waals surface area contributed by atoms with Crippen molar-refractivity contribution in [3.8, 4) is 11.5 Å². The lowest BCUT2D eigenvalue weighted by Crippen LogP contribution is -2.01. The summed E-state index contributed by atoms with van der Waals surface area (Å²) in [5, 5.41) is 9.56. The first-order valence-corrected chi connectivity index (χ1v) is 5.36. The van der Waals surface area contributed by atoms with Gasteiger partial charge in [0.15, 0.2) is 0 Å². The molecule has 0 aliphatic rings. The molecule has 0 saturated heterocycles. The standard InChI is InChI=1S/C12H15ClO3/c1-9(14)11-5-4-10(15-2)8-12(11)16-7-3-6-13/h3-6,8-9,14H,7H2,1-2H3/b6-3+/t9-/m0/s1. The summed E-state index contributed by atoms with van der Waals surface area (Å²) in [6.07, 6.45) is 1.09. The molecule has 88 valence electrons. The van der Waals surface area contributed by atoms with Gasteiger partial charge < -0.3 is 14.6 Å². The first-order valence-electron chi connectivity index (χ1n) is 4.93. The van der Waals surface area contributed by atoms with Crippen LogP contribution in [0.25, 0.3) is 0 Å². The van der Waals surface area contributed by atoms with Crippen molar-refractivity contribution in [3.63, 3.8) is 0 Å². The molecule has 0 saturated carbocycles. The summed E-state index contributed by atoms with van der Waals surface area (Å²) < 4.78 is 10.6. The number of halogens is 1. The number of benzene rings is 1. The van der Waals surface area contributed by atoms with E-state index in [-0.39, 0.29) is 0 Å². The van der Waals surface area contributed by atoms with Crippen molar-refractivity contribution in [2.45, 2.75) is 13.0 Å². The van der Waals surface area contributed by atoms with Crippen molar-refractivity contribution >= 4 is 11.6 Å². The van der Waals surface area contributed by atoms with Gasteiger partial charge in [0.2, 0.25) is 0 Å². The maximum absolute atomic E-state index is 9.56. The van der Waals surface area contributed by atoms with Gasteiger partial charge in [-0.2, -0.15) is 0 Å². The fourth-order valence-corrected chi connectivity index (χ4v) is 1.36. The van der Waals surface area contributed by atoms with Crippen molar-refractivity contribution in [2.75, 3.05) is 13.7 Å². The molecule has 0 unspecified atom stereocenters. The van der Waals surface area contributed by atoms with Crippen LogP contribution in [0.3, 0.4) is 0 Å². The fourth-order valence-electron chi connectivity index (χ4n) is 1.29. The summed E-state index contributed by atoms with van der Waals surface area (Å²) in [6.45, 7) is 2.04. The van der Waals surface area contributed by atoms with Gasteiger partial charge in [-0.15, -0.1) is 0 Å². The zero-order valence-corrected chi connectivity index (χ0v) is 10.1. The molecule has 1 aromatic carbocycles. The highest BCUT2D eigenvalue weighted by Crippen LogP contribution is 2.29. The highest BCUT2D eigenvalue weighted by molar-refractivity contribution is 6.25. The third-order valence-electron chi connectivity index (χ3n) is 2.09. The molecule has 0 heterocycles. The van der Waals surface area contributed by atoms with Crippen molar-refractivity contribution in [3.05, 3.63) is 35.4 Å². The molecule has 1 rings (SSSR count). The molecule has 0 bridgehead atoms. The number of aliphatic hydroxyl groups excluding tert-OH is 1. The predicted octanol–water partition coefficient (Wildman–Crippen LogP) is 2.88. The van der Waals surface area contributed by atoms with E-state index >= 15 is 0 Å². The minimum atomic E-state index is -0.583. The molecule has 0 amide bonds. The average molecular weight is 243 g/mol. The molecule has 3 nitrogen and oxygen atoms in total. The SMILES string of the molecule is COc1ccc([C@H](C)O)c(OC/C=C/Cl)c1. The van der Waals surface area contributed by atoms with E-state index in [2.05, 4.69) is 0 Å². The van der Waals surface area contributed by atoms with E-state index in [1.807, 2.05) is 0 Å². The zero-order valence-electron chi connectivity index (χ0n) is 9.31. The first-order chi connectivity index (χ1) is 7.69. The molecule has 1 aromatic rings. The van der Waals surface area contributed by atoms with Crippen LogP contribution in [0.1, 0.15) is 18.6 Å². The Balaban J connectivity index is 2.91. The Morgan fingerprint density at radius 3 is 2.81 bits per heavy atom. The van der Waals surface area contributed by atoms with Gasteiger partial charge in [0.1, 0.15) is 18.1 Å². The highest BCUT2D eigenvalue weighted by Gasteiger charge is 2.09. The molecular weight excluding hydrogens is 228 g/mol. The van der Waals surface area contributed by atoms with Crippen molar-refractivity contribution in [1.82, 2.24) is 0 Å². The van der Waals surface area contributed by atoms with Crippen molar-refractivity contribution < 1.29 is 14.6 Å². The number of hydrogen-bond donors (Lipinski definition) is 1. The van der Waals surface area contributed by atoms with Crippen LogP contribution in [-0.4, -0.2) is 18.8 Å². The quantitative estimate of drug-likeness (QED) is 0.863. The van der Waals surface area contributed by atoms with E-state index in [9.17, 15) is 5.11 Å². The minimum absolute atomic E-state index is 0.358. The molecule has 0 aromatic heterocycles. The van der Waals surface area contributed by atoms with Crippen LogP contribution in [0.2, 0.25) is 0 Å². The van der Waals surface area contributed by atoms with Gasteiger partial charge in [-0.1, -0.05) is 11.6 Å².